The molecule has 0 aromatic heterocycles. The molecule has 0 saturated heterocycles. The second kappa shape index (κ2) is 4.69. The molecule has 1 saturated carbocycles. The quantitative estimate of drug-likeness (QED) is 0.718. The molecule has 2 rings (SSSR count). The first-order chi connectivity index (χ1) is 8.79. The summed E-state index contributed by atoms with van der Waals surface area (Å²) in [6.45, 7) is 1.40. The lowest BCUT2D eigenvalue weighted by Gasteiger charge is -2.10. The van der Waals surface area contributed by atoms with Crippen molar-refractivity contribution in [3.63, 3.8) is 0 Å². The van der Waals surface area contributed by atoms with Gasteiger partial charge in [0.2, 0.25) is 0 Å². The van der Waals surface area contributed by atoms with Crippen LogP contribution in [-0.2, 0) is 10.0 Å². The predicted molar refractivity (Wildman–Crippen MR) is 67.4 cm³/mol. The Morgan fingerprint density at radius 1 is 1.42 bits per heavy atom. The molecule has 0 unspecified atom stereocenters. The van der Waals surface area contributed by atoms with Crippen LogP contribution in [0.2, 0.25) is 0 Å². The third kappa shape index (κ3) is 3.14. The molecule has 0 aliphatic heterocycles. The Bertz CT molecular complexity index is 603. The molecule has 4 N–H and O–H groups in total. The topological polar surface area (TPSA) is 101 Å². The molecule has 1 fully saturated rings. The van der Waals surface area contributed by atoms with Crippen LogP contribution in [0, 0.1) is 12.7 Å². The number of benzene rings is 1. The summed E-state index contributed by atoms with van der Waals surface area (Å²) in [7, 11) is -4.05. The first kappa shape index (κ1) is 13.6. The van der Waals surface area contributed by atoms with Gasteiger partial charge in [-0.15, -0.1) is 0 Å². The van der Waals surface area contributed by atoms with Gasteiger partial charge in [0.25, 0.3) is 10.0 Å². The molecule has 0 radical (unpaired) electrons. The molecule has 2 amide bonds. The van der Waals surface area contributed by atoms with Crippen LogP contribution in [0.25, 0.3) is 0 Å². The highest BCUT2D eigenvalue weighted by Gasteiger charge is 2.26. The van der Waals surface area contributed by atoms with E-state index in [1.807, 2.05) is 4.72 Å². The van der Waals surface area contributed by atoms with Crippen LogP contribution in [0.15, 0.2) is 17.0 Å². The van der Waals surface area contributed by atoms with Crippen molar-refractivity contribution in [2.24, 2.45) is 0 Å². The zero-order valence-electron chi connectivity index (χ0n) is 10.2. The Balaban J connectivity index is 2.21. The number of sulfonamides is 1. The lowest BCUT2D eigenvalue weighted by molar-refractivity contribution is 0.245. The Labute approximate surface area is 110 Å². The summed E-state index contributed by atoms with van der Waals surface area (Å²) < 4.78 is 39.0. The first-order valence-electron chi connectivity index (χ1n) is 5.68. The molecule has 0 bridgehead atoms. The second-order valence-electron chi connectivity index (χ2n) is 4.50. The van der Waals surface area contributed by atoms with E-state index in [0.717, 1.165) is 25.0 Å². The molecule has 1 aliphatic carbocycles. The smallest absolute Gasteiger partial charge is 0.328 e. The van der Waals surface area contributed by atoms with Gasteiger partial charge in [-0.05, 0) is 37.5 Å². The zero-order valence-corrected chi connectivity index (χ0v) is 11.1. The third-order valence-corrected chi connectivity index (χ3v) is 4.02. The number of hydrogen-bond acceptors (Lipinski definition) is 4. The number of urea groups is 1. The van der Waals surface area contributed by atoms with Gasteiger partial charge in [0, 0.05) is 6.04 Å². The van der Waals surface area contributed by atoms with Gasteiger partial charge in [-0.1, -0.05) is 0 Å². The Morgan fingerprint density at radius 2 is 2.05 bits per heavy atom. The summed E-state index contributed by atoms with van der Waals surface area (Å²) in [6.07, 6.45) is 1.69. The lowest BCUT2D eigenvalue weighted by Crippen LogP contribution is -2.40. The van der Waals surface area contributed by atoms with Gasteiger partial charge < -0.3 is 11.1 Å². The minimum atomic E-state index is -4.05. The predicted octanol–water partition coefficient (Wildman–Crippen LogP) is 0.867. The average molecular weight is 287 g/mol. The van der Waals surface area contributed by atoms with Crippen molar-refractivity contribution in [3.8, 4) is 0 Å². The molecule has 8 heteroatoms. The monoisotopic (exact) mass is 287 g/mol. The standard InChI is InChI=1S/C11H14FN3O3S/c1-6-4-8(5-9(13)10(6)12)19(17,18)15-11(16)14-7-2-3-7/h4-5,7H,2-3,13H2,1H3,(H2,14,15,16). The number of anilines is 1. The SMILES string of the molecule is Cc1cc(S(=O)(=O)NC(=O)NC2CC2)cc(N)c1F. The number of nitrogen functional groups attached to an aromatic ring is 1. The molecule has 0 spiro atoms. The number of halogens is 1. The molecule has 1 aliphatic rings. The molecular formula is C11H14FN3O3S. The van der Waals surface area contributed by atoms with Crippen molar-refractivity contribution in [1.82, 2.24) is 10.0 Å². The van der Waals surface area contributed by atoms with Crippen molar-refractivity contribution < 1.29 is 17.6 Å². The summed E-state index contributed by atoms with van der Waals surface area (Å²) in [6, 6.07) is 1.35. The zero-order chi connectivity index (χ0) is 14.2. The molecule has 1 aromatic rings. The van der Waals surface area contributed by atoms with Gasteiger partial charge in [0.15, 0.2) is 0 Å². The van der Waals surface area contributed by atoms with E-state index in [1.54, 1.807) is 0 Å². The molecule has 0 atom stereocenters. The van der Waals surface area contributed by atoms with Gasteiger partial charge in [0.1, 0.15) is 5.82 Å². The van der Waals surface area contributed by atoms with Crippen LogP contribution in [-0.4, -0.2) is 20.5 Å². The molecule has 1 aromatic carbocycles. The van der Waals surface area contributed by atoms with E-state index in [0.29, 0.717) is 0 Å². The highest BCUT2D eigenvalue weighted by Crippen LogP contribution is 2.21. The van der Waals surface area contributed by atoms with Gasteiger partial charge in [-0.3, -0.25) is 0 Å². The van der Waals surface area contributed by atoms with E-state index in [4.69, 9.17) is 5.73 Å². The molecule has 19 heavy (non-hydrogen) atoms. The maximum Gasteiger partial charge on any atom is 0.328 e. The van der Waals surface area contributed by atoms with E-state index >= 15 is 0 Å². The van der Waals surface area contributed by atoms with Crippen molar-refractivity contribution in [1.29, 1.82) is 0 Å². The van der Waals surface area contributed by atoms with Crippen molar-refractivity contribution in [3.05, 3.63) is 23.5 Å². The normalized spacial score (nSPS) is 15.1. The summed E-state index contributed by atoms with van der Waals surface area (Å²) >= 11 is 0. The fourth-order valence-electron chi connectivity index (χ4n) is 1.54. The fraction of sp³-hybridized carbons (Fsp3) is 0.364. The third-order valence-electron chi connectivity index (χ3n) is 2.71. The fourth-order valence-corrected chi connectivity index (χ4v) is 2.58. The number of carbonyl (C=O) groups is 1. The number of rotatable bonds is 3. The number of carbonyl (C=O) groups excluding carboxylic acids is 1. The number of nitrogens with two attached hydrogens (primary N) is 1. The van der Waals surface area contributed by atoms with Gasteiger partial charge >= 0.3 is 6.03 Å². The summed E-state index contributed by atoms with van der Waals surface area (Å²) in [4.78, 5) is 11.2. The van der Waals surface area contributed by atoms with E-state index < -0.39 is 21.9 Å². The van der Waals surface area contributed by atoms with Gasteiger partial charge in [-0.25, -0.2) is 22.3 Å². The maximum absolute atomic E-state index is 13.3. The van der Waals surface area contributed by atoms with E-state index in [-0.39, 0.29) is 22.2 Å². The first-order valence-corrected chi connectivity index (χ1v) is 7.17. The van der Waals surface area contributed by atoms with E-state index in [2.05, 4.69) is 5.32 Å². The van der Waals surface area contributed by atoms with E-state index in [1.165, 1.54) is 6.92 Å². The summed E-state index contributed by atoms with van der Waals surface area (Å²) in [5.41, 5.74) is 5.20. The maximum atomic E-state index is 13.3. The highest BCUT2D eigenvalue weighted by atomic mass is 32.2. The van der Waals surface area contributed by atoms with Crippen molar-refractivity contribution in [2.45, 2.75) is 30.7 Å². The Kier molecular flexibility index (Phi) is 3.36. The number of amides is 2. The molecule has 6 nitrogen and oxygen atoms in total. The van der Waals surface area contributed by atoms with Crippen LogP contribution in [0.4, 0.5) is 14.9 Å². The lowest BCUT2D eigenvalue weighted by atomic mass is 10.2. The Hall–Kier alpha value is -1.83. The van der Waals surface area contributed by atoms with Gasteiger partial charge in [-0.2, -0.15) is 0 Å². The van der Waals surface area contributed by atoms with Crippen LogP contribution < -0.4 is 15.8 Å². The van der Waals surface area contributed by atoms with Gasteiger partial charge in [0.05, 0.1) is 10.6 Å². The molecular weight excluding hydrogens is 273 g/mol. The molecule has 104 valence electrons. The molecule has 0 heterocycles. The summed E-state index contributed by atoms with van der Waals surface area (Å²) in [5, 5.41) is 2.49. The van der Waals surface area contributed by atoms with Crippen LogP contribution >= 0.6 is 0 Å². The van der Waals surface area contributed by atoms with Crippen LogP contribution in [0.1, 0.15) is 18.4 Å². The van der Waals surface area contributed by atoms with Crippen molar-refractivity contribution >= 4 is 21.7 Å². The number of hydrogen-bond donors (Lipinski definition) is 3. The largest absolute Gasteiger partial charge is 0.396 e. The minimum Gasteiger partial charge on any atom is -0.396 e. The average Bonchev–Trinajstić information content (AvgIpc) is 3.08. The van der Waals surface area contributed by atoms with Crippen LogP contribution in [0.5, 0.6) is 0 Å². The van der Waals surface area contributed by atoms with Crippen LogP contribution in [0.3, 0.4) is 0 Å². The minimum absolute atomic E-state index is 0.0372. The Morgan fingerprint density at radius 3 is 2.58 bits per heavy atom. The second-order valence-corrected chi connectivity index (χ2v) is 6.18. The van der Waals surface area contributed by atoms with E-state index in [9.17, 15) is 17.6 Å². The highest BCUT2D eigenvalue weighted by molar-refractivity contribution is 7.90. The van der Waals surface area contributed by atoms with Crippen molar-refractivity contribution in [2.75, 3.05) is 5.73 Å². The summed E-state index contributed by atoms with van der Waals surface area (Å²) in [5.74, 6) is -0.665. The number of nitrogens with one attached hydrogen (secondary N) is 2. The number of aryl methyl sites for hydroxylation is 1.